The molecular weight excluding hydrogens is 424 g/mol. The van der Waals surface area contributed by atoms with Gasteiger partial charge in [-0.1, -0.05) is 6.07 Å². The summed E-state index contributed by atoms with van der Waals surface area (Å²) >= 11 is 0. The van der Waals surface area contributed by atoms with Crippen molar-refractivity contribution < 1.29 is 13.5 Å². The van der Waals surface area contributed by atoms with Crippen LogP contribution in [0.4, 0.5) is 14.6 Å². The first-order valence-corrected chi connectivity index (χ1v) is 10.6. The Hall–Kier alpha value is -3.65. The lowest BCUT2D eigenvalue weighted by atomic mass is 10.0. The quantitative estimate of drug-likeness (QED) is 0.382. The third kappa shape index (κ3) is 5.06. The topological polar surface area (TPSA) is 63.2 Å². The number of nitrogens with one attached hydrogen (secondary N) is 1. The fourth-order valence-corrected chi connectivity index (χ4v) is 3.56. The molecule has 0 amide bonds. The predicted molar refractivity (Wildman–Crippen MR) is 126 cm³/mol. The van der Waals surface area contributed by atoms with Crippen molar-refractivity contribution >= 4 is 16.7 Å². The van der Waals surface area contributed by atoms with E-state index >= 15 is 0 Å². The summed E-state index contributed by atoms with van der Waals surface area (Å²) in [4.78, 5) is 15.8. The van der Waals surface area contributed by atoms with Gasteiger partial charge in [0, 0.05) is 29.9 Å². The van der Waals surface area contributed by atoms with Gasteiger partial charge in [0.25, 0.3) is 0 Å². The maximum atomic E-state index is 13.9. The summed E-state index contributed by atoms with van der Waals surface area (Å²) in [5.74, 6) is -0.128. The van der Waals surface area contributed by atoms with Crippen LogP contribution in [0.1, 0.15) is 6.42 Å². The van der Waals surface area contributed by atoms with Crippen molar-refractivity contribution in [3.8, 4) is 28.3 Å². The van der Waals surface area contributed by atoms with E-state index in [1.54, 1.807) is 25.6 Å². The molecule has 33 heavy (non-hydrogen) atoms. The zero-order valence-electron chi connectivity index (χ0n) is 18.8. The molecular formula is C25H25F2N5O. The zero-order valence-corrected chi connectivity index (χ0v) is 18.8. The van der Waals surface area contributed by atoms with Crippen molar-refractivity contribution in [3.05, 3.63) is 66.5 Å². The van der Waals surface area contributed by atoms with Gasteiger partial charge in [-0.25, -0.2) is 18.7 Å². The first-order valence-electron chi connectivity index (χ1n) is 10.6. The Labute approximate surface area is 191 Å². The number of methoxy groups -OCH3 is 1. The molecule has 0 aliphatic heterocycles. The third-order valence-electron chi connectivity index (χ3n) is 5.23. The van der Waals surface area contributed by atoms with Gasteiger partial charge in [-0.05, 0) is 74.6 Å². The summed E-state index contributed by atoms with van der Waals surface area (Å²) in [6, 6.07) is 11.2. The number of benzene rings is 2. The van der Waals surface area contributed by atoms with E-state index in [4.69, 9.17) is 14.7 Å². The fraction of sp³-hybridized carbons (Fsp3) is 0.240. The van der Waals surface area contributed by atoms with Crippen molar-refractivity contribution in [2.45, 2.75) is 6.42 Å². The molecule has 0 aliphatic carbocycles. The number of anilines is 1. The van der Waals surface area contributed by atoms with Crippen LogP contribution in [0.2, 0.25) is 0 Å². The molecule has 8 heteroatoms. The van der Waals surface area contributed by atoms with Gasteiger partial charge in [0.05, 0.1) is 7.11 Å². The van der Waals surface area contributed by atoms with Crippen molar-refractivity contribution in [3.63, 3.8) is 0 Å². The Kier molecular flexibility index (Phi) is 6.74. The van der Waals surface area contributed by atoms with Crippen LogP contribution in [0.3, 0.4) is 0 Å². The lowest BCUT2D eigenvalue weighted by Crippen LogP contribution is -2.17. The Balaban J connectivity index is 1.86. The van der Waals surface area contributed by atoms with Crippen LogP contribution in [0, 0.1) is 11.6 Å². The SMILES string of the molecule is COc1cc(-c2ccc(F)c(F)c2)cc2c(NCCCN(C)C)nc(-c3cccnc3)nc12. The third-order valence-corrected chi connectivity index (χ3v) is 5.23. The fourth-order valence-electron chi connectivity index (χ4n) is 3.56. The van der Waals surface area contributed by atoms with Crippen molar-refractivity contribution in [1.82, 2.24) is 19.9 Å². The van der Waals surface area contributed by atoms with Gasteiger partial charge >= 0.3 is 0 Å². The number of fused-ring (bicyclic) bond motifs is 1. The van der Waals surface area contributed by atoms with E-state index in [2.05, 4.69) is 15.2 Å². The Bertz CT molecular complexity index is 1260. The largest absolute Gasteiger partial charge is 0.494 e. The first kappa shape index (κ1) is 22.5. The molecule has 2 heterocycles. The molecule has 0 atom stereocenters. The second kappa shape index (κ2) is 9.87. The van der Waals surface area contributed by atoms with Gasteiger partial charge in [-0.3, -0.25) is 4.98 Å². The number of hydrogen-bond donors (Lipinski definition) is 1. The predicted octanol–water partition coefficient (Wildman–Crippen LogP) is 5.01. The summed E-state index contributed by atoms with van der Waals surface area (Å²) in [6.45, 7) is 1.63. The highest BCUT2D eigenvalue weighted by Crippen LogP contribution is 2.36. The number of hydrogen-bond acceptors (Lipinski definition) is 6. The lowest BCUT2D eigenvalue weighted by Gasteiger charge is -2.15. The number of pyridine rings is 1. The smallest absolute Gasteiger partial charge is 0.163 e. The molecule has 0 fully saturated rings. The van der Waals surface area contributed by atoms with E-state index in [9.17, 15) is 8.78 Å². The average molecular weight is 450 g/mol. The summed E-state index contributed by atoms with van der Waals surface area (Å²) in [5, 5.41) is 4.14. The van der Waals surface area contributed by atoms with Crippen LogP contribution in [0.25, 0.3) is 33.4 Å². The van der Waals surface area contributed by atoms with Gasteiger partial charge in [0.2, 0.25) is 0 Å². The van der Waals surface area contributed by atoms with Gasteiger partial charge in [-0.15, -0.1) is 0 Å². The number of halogens is 2. The molecule has 0 unspecified atom stereocenters. The molecule has 0 aliphatic rings. The van der Waals surface area contributed by atoms with Crippen molar-refractivity contribution in [2.24, 2.45) is 0 Å². The minimum Gasteiger partial charge on any atom is -0.494 e. The van der Waals surface area contributed by atoms with Crippen LogP contribution in [0.15, 0.2) is 54.9 Å². The van der Waals surface area contributed by atoms with Crippen molar-refractivity contribution in [1.29, 1.82) is 0 Å². The molecule has 4 rings (SSSR count). The van der Waals surface area contributed by atoms with Crippen LogP contribution < -0.4 is 10.1 Å². The molecule has 0 radical (unpaired) electrons. The lowest BCUT2D eigenvalue weighted by molar-refractivity contribution is 0.405. The molecule has 0 saturated carbocycles. The Morgan fingerprint density at radius 2 is 1.82 bits per heavy atom. The molecule has 4 aromatic rings. The van der Waals surface area contributed by atoms with Crippen LogP contribution >= 0.6 is 0 Å². The number of nitrogens with zero attached hydrogens (tertiary/aromatic N) is 4. The minimum absolute atomic E-state index is 0.510. The summed E-state index contributed by atoms with van der Waals surface area (Å²) < 4.78 is 33.0. The van der Waals surface area contributed by atoms with Crippen LogP contribution in [-0.4, -0.2) is 54.1 Å². The molecule has 6 nitrogen and oxygen atoms in total. The maximum Gasteiger partial charge on any atom is 0.163 e. The van der Waals surface area contributed by atoms with Crippen LogP contribution in [-0.2, 0) is 0 Å². The second-order valence-corrected chi connectivity index (χ2v) is 7.92. The molecule has 0 spiro atoms. The normalized spacial score (nSPS) is 11.2. The van der Waals surface area contributed by atoms with E-state index in [1.165, 1.54) is 12.1 Å². The molecule has 2 aromatic heterocycles. The Morgan fingerprint density at radius 1 is 0.970 bits per heavy atom. The highest BCUT2D eigenvalue weighted by molar-refractivity contribution is 5.97. The number of rotatable bonds is 8. The highest BCUT2D eigenvalue weighted by atomic mass is 19.2. The zero-order chi connectivity index (χ0) is 23.4. The van der Waals surface area contributed by atoms with Gasteiger partial charge in [0.1, 0.15) is 17.1 Å². The summed E-state index contributed by atoms with van der Waals surface area (Å²) in [7, 11) is 5.61. The molecule has 2 aromatic carbocycles. The van der Waals surface area contributed by atoms with E-state index in [0.717, 1.165) is 30.0 Å². The molecule has 0 saturated heterocycles. The van der Waals surface area contributed by atoms with Gasteiger partial charge in [-0.2, -0.15) is 0 Å². The van der Waals surface area contributed by atoms with E-state index in [1.807, 2.05) is 32.3 Å². The van der Waals surface area contributed by atoms with Crippen molar-refractivity contribution in [2.75, 3.05) is 39.6 Å². The number of aromatic nitrogens is 3. The van der Waals surface area contributed by atoms with Gasteiger partial charge < -0.3 is 15.0 Å². The van der Waals surface area contributed by atoms with E-state index in [-0.39, 0.29) is 0 Å². The minimum atomic E-state index is -0.906. The average Bonchev–Trinajstić information content (AvgIpc) is 2.83. The van der Waals surface area contributed by atoms with E-state index in [0.29, 0.717) is 40.6 Å². The highest BCUT2D eigenvalue weighted by Gasteiger charge is 2.16. The monoisotopic (exact) mass is 449 g/mol. The molecule has 1 N–H and O–H groups in total. The maximum absolute atomic E-state index is 13.9. The van der Waals surface area contributed by atoms with Crippen LogP contribution in [0.5, 0.6) is 5.75 Å². The van der Waals surface area contributed by atoms with Gasteiger partial charge in [0.15, 0.2) is 17.5 Å². The number of ether oxygens (including phenoxy) is 1. The summed E-state index contributed by atoms with van der Waals surface area (Å²) in [6.07, 6.45) is 4.32. The molecule has 0 bridgehead atoms. The molecule has 170 valence electrons. The standard InChI is InChI=1S/C25H25F2N5O/c1-32(2)11-5-10-29-25-19-12-18(16-7-8-20(26)21(27)13-16)14-22(33-3)23(19)30-24(31-25)17-6-4-9-28-15-17/h4,6-9,12-15H,5,10-11H2,1-3H3,(H,29,30,31). The van der Waals surface area contributed by atoms with E-state index < -0.39 is 11.6 Å². The first-order chi connectivity index (χ1) is 16.0. The second-order valence-electron chi connectivity index (χ2n) is 7.92. The Morgan fingerprint density at radius 3 is 2.52 bits per heavy atom. The summed E-state index contributed by atoms with van der Waals surface area (Å²) in [5.41, 5.74) is 2.60.